The number of hydrogen-bond acceptors (Lipinski definition) is 10. The molecule has 0 spiro atoms. The van der Waals surface area contributed by atoms with Crippen molar-refractivity contribution in [2.24, 2.45) is 0 Å². The number of hydrogen-bond donors (Lipinski definition) is 6. The third kappa shape index (κ3) is 4.54. The van der Waals surface area contributed by atoms with Gasteiger partial charge in [-0.15, -0.1) is 0 Å². The molecular formula is C23H35N3O8. The van der Waals surface area contributed by atoms with Crippen molar-refractivity contribution in [2.45, 2.75) is 80.5 Å². The molecule has 0 aromatic heterocycles. The maximum atomic E-state index is 12.9. The van der Waals surface area contributed by atoms with Gasteiger partial charge in [0.2, 0.25) is 18.0 Å². The summed E-state index contributed by atoms with van der Waals surface area (Å²) in [5.41, 5.74) is 0.758. The standard InChI is InChI=1S/C23H35N3O8/c1-11-8-14(26-15(27)10-12-6-5-7-13(9-12)31-4)23(30)22(32-11)33-21-19(29)16(24-2)18(28)17(25-3)20(21)34-23/h5-7,9,11,14,16-22,24-25,28-30H,8,10H2,1-4H3,(H,26,27)/t11-,14-,16-,17+,18+,19+,20?,21?,22?,23?/m1/s1. The van der Waals surface area contributed by atoms with Crippen LogP contribution in [0.5, 0.6) is 5.75 Å². The number of aliphatic hydroxyl groups excluding tert-OH is 2. The summed E-state index contributed by atoms with van der Waals surface area (Å²) in [4.78, 5) is 12.9. The third-order valence-electron chi connectivity index (χ3n) is 6.99. The summed E-state index contributed by atoms with van der Waals surface area (Å²) in [6, 6.07) is 5.02. The van der Waals surface area contributed by atoms with E-state index in [1.807, 2.05) is 13.0 Å². The number of nitrogens with one attached hydrogen (secondary N) is 3. The molecule has 0 radical (unpaired) electrons. The van der Waals surface area contributed by atoms with E-state index in [-0.39, 0.29) is 24.9 Å². The largest absolute Gasteiger partial charge is 0.497 e. The van der Waals surface area contributed by atoms with Crippen LogP contribution in [-0.2, 0) is 25.4 Å². The van der Waals surface area contributed by atoms with Crippen molar-refractivity contribution in [3.63, 3.8) is 0 Å². The number of carbonyl (C=O) groups excluding carboxylic acids is 1. The maximum Gasteiger partial charge on any atom is 0.239 e. The second-order valence-corrected chi connectivity index (χ2v) is 9.21. The minimum Gasteiger partial charge on any atom is -0.497 e. The highest BCUT2D eigenvalue weighted by Gasteiger charge is 2.63. The molecule has 1 aliphatic carbocycles. The SMILES string of the molecule is CN[C@@H]1[C@H](O)[C@H](NC)C2OC3(O)C(OC2[C@H]1O)O[C@H](C)C[C@H]3NC(=O)Cc1cccc(OC)c1. The second kappa shape index (κ2) is 10.0. The number of aliphatic hydroxyl groups is 3. The van der Waals surface area contributed by atoms with Crippen LogP contribution in [0.15, 0.2) is 24.3 Å². The predicted molar refractivity (Wildman–Crippen MR) is 120 cm³/mol. The van der Waals surface area contributed by atoms with E-state index >= 15 is 0 Å². The van der Waals surface area contributed by atoms with Crippen LogP contribution in [0.2, 0.25) is 0 Å². The normalized spacial score (nSPS) is 41.8. The van der Waals surface area contributed by atoms with Gasteiger partial charge in [-0.3, -0.25) is 4.79 Å². The van der Waals surface area contributed by atoms with Crippen molar-refractivity contribution < 1.29 is 39.1 Å². The molecule has 1 aromatic carbocycles. The van der Waals surface area contributed by atoms with Gasteiger partial charge in [0.15, 0.2) is 0 Å². The zero-order chi connectivity index (χ0) is 24.6. The summed E-state index contributed by atoms with van der Waals surface area (Å²) < 4.78 is 23.2. The quantitative estimate of drug-likeness (QED) is 0.276. The van der Waals surface area contributed by atoms with Gasteiger partial charge in [0, 0.05) is 0 Å². The van der Waals surface area contributed by atoms with Gasteiger partial charge in [-0.25, -0.2) is 0 Å². The summed E-state index contributed by atoms with van der Waals surface area (Å²) in [7, 11) is 4.85. The van der Waals surface area contributed by atoms with Crippen molar-refractivity contribution in [1.82, 2.24) is 16.0 Å². The molecule has 11 nitrogen and oxygen atoms in total. The average molecular weight is 482 g/mol. The van der Waals surface area contributed by atoms with E-state index in [9.17, 15) is 20.1 Å². The van der Waals surface area contributed by atoms with Crippen molar-refractivity contribution in [3.8, 4) is 5.75 Å². The molecule has 1 saturated carbocycles. The lowest BCUT2D eigenvalue weighted by atomic mass is 9.79. The molecule has 2 heterocycles. The number of amides is 1. The molecular weight excluding hydrogens is 446 g/mol. The first-order valence-electron chi connectivity index (χ1n) is 11.6. The van der Waals surface area contributed by atoms with Gasteiger partial charge < -0.3 is 50.2 Å². The van der Waals surface area contributed by atoms with Crippen LogP contribution in [0.3, 0.4) is 0 Å². The minimum atomic E-state index is -2.02. The molecule has 6 N–H and O–H groups in total. The molecule has 11 heteroatoms. The summed E-state index contributed by atoms with van der Waals surface area (Å²) in [5, 5.41) is 42.0. The van der Waals surface area contributed by atoms with Crippen molar-refractivity contribution in [3.05, 3.63) is 29.8 Å². The van der Waals surface area contributed by atoms with Gasteiger partial charge in [-0.1, -0.05) is 12.1 Å². The van der Waals surface area contributed by atoms with E-state index in [0.29, 0.717) is 5.75 Å². The first-order chi connectivity index (χ1) is 16.2. The fourth-order valence-corrected chi connectivity index (χ4v) is 5.23. The molecule has 1 amide bonds. The average Bonchev–Trinajstić information content (AvgIpc) is 2.80. The number of likely N-dealkylation sites (N-methyl/N-ethyl adjacent to an activating group) is 2. The lowest BCUT2D eigenvalue weighted by molar-refractivity contribution is -0.449. The van der Waals surface area contributed by atoms with Crippen molar-refractivity contribution >= 4 is 5.91 Å². The molecule has 10 atom stereocenters. The molecule has 0 bridgehead atoms. The number of benzene rings is 1. The van der Waals surface area contributed by atoms with Gasteiger partial charge in [0.25, 0.3) is 0 Å². The monoisotopic (exact) mass is 481 g/mol. The van der Waals surface area contributed by atoms with Crippen LogP contribution in [0.1, 0.15) is 18.9 Å². The predicted octanol–water partition coefficient (Wildman–Crippen LogP) is -1.76. The summed E-state index contributed by atoms with van der Waals surface area (Å²) in [6.07, 6.45) is -5.11. The first-order valence-corrected chi connectivity index (χ1v) is 11.6. The Bertz CT molecular complexity index is 874. The highest BCUT2D eigenvalue weighted by molar-refractivity contribution is 5.79. The summed E-state index contributed by atoms with van der Waals surface area (Å²) >= 11 is 0. The van der Waals surface area contributed by atoms with Gasteiger partial charge in [-0.05, 0) is 45.1 Å². The lowest BCUT2D eigenvalue weighted by Crippen LogP contribution is -2.79. The number of ether oxygens (including phenoxy) is 4. The molecule has 3 fully saturated rings. The molecule has 2 saturated heterocycles. The summed E-state index contributed by atoms with van der Waals surface area (Å²) in [5.74, 6) is -1.68. The minimum absolute atomic E-state index is 0.0804. The van der Waals surface area contributed by atoms with Gasteiger partial charge >= 0.3 is 0 Å². The first kappa shape index (κ1) is 25.3. The van der Waals surface area contributed by atoms with Crippen molar-refractivity contribution in [2.75, 3.05) is 21.2 Å². The van der Waals surface area contributed by atoms with E-state index in [0.717, 1.165) is 5.56 Å². The zero-order valence-electron chi connectivity index (χ0n) is 19.8. The van der Waals surface area contributed by atoms with E-state index in [4.69, 9.17) is 18.9 Å². The number of rotatable bonds is 6. The van der Waals surface area contributed by atoms with E-state index in [1.165, 1.54) is 0 Å². The molecule has 2 aliphatic heterocycles. The number of carbonyl (C=O) groups is 1. The Morgan fingerprint density at radius 2 is 1.88 bits per heavy atom. The highest BCUT2D eigenvalue weighted by Crippen LogP contribution is 2.42. The molecule has 190 valence electrons. The fourth-order valence-electron chi connectivity index (χ4n) is 5.23. The Hall–Kier alpha value is -1.83. The third-order valence-corrected chi connectivity index (χ3v) is 6.99. The Labute approximate surface area is 198 Å². The molecule has 1 aromatic rings. The van der Waals surface area contributed by atoms with E-state index < -0.39 is 54.6 Å². The van der Waals surface area contributed by atoms with Crippen LogP contribution in [0, 0.1) is 0 Å². The molecule has 4 rings (SSSR count). The molecule has 4 unspecified atom stereocenters. The Morgan fingerprint density at radius 1 is 1.15 bits per heavy atom. The smallest absolute Gasteiger partial charge is 0.239 e. The fraction of sp³-hybridized carbons (Fsp3) is 0.696. The molecule has 34 heavy (non-hydrogen) atoms. The maximum absolute atomic E-state index is 12.9. The van der Waals surface area contributed by atoms with Crippen LogP contribution in [-0.4, -0.2) is 103 Å². The van der Waals surface area contributed by atoms with Crippen LogP contribution in [0.4, 0.5) is 0 Å². The number of fused-ring (bicyclic) bond motifs is 2. The topological polar surface area (TPSA) is 151 Å². The lowest BCUT2D eigenvalue weighted by Gasteiger charge is -2.58. The van der Waals surface area contributed by atoms with Crippen LogP contribution < -0.4 is 20.7 Å². The van der Waals surface area contributed by atoms with E-state index in [1.54, 1.807) is 39.4 Å². The molecule has 3 aliphatic rings. The highest BCUT2D eigenvalue weighted by atomic mass is 16.8. The van der Waals surface area contributed by atoms with Gasteiger partial charge in [0.05, 0.1) is 43.9 Å². The van der Waals surface area contributed by atoms with E-state index in [2.05, 4.69) is 16.0 Å². The Kier molecular flexibility index (Phi) is 7.46. The zero-order valence-corrected chi connectivity index (χ0v) is 19.8. The van der Waals surface area contributed by atoms with Crippen LogP contribution >= 0.6 is 0 Å². The van der Waals surface area contributed by atoms with Gasteiger partial charge in [0.1, 0.15) is 24.1 Å². The number of methoxy groups -OCH3 is 1. The second-order valence-electron chi connectivity index (χ2n) is 9.21. The van der Waals surface area contributed by atoms with Gasteiger partial charge in [-0.2, -0.15) is 0 Å². The van der Waals surface area contributed by atoms with Crippen molar-refractivity contribution in [1.29, 1.82) is 0 Å². The summed E-state index contributed by atoms with van der Waals surface area (Å²) in [6.45, 7) is 1.81. The Balaban J connectivity index is 1.54. The Morgan fingerprint density at radius 3 is 2.56 bits per heavy atom. The van der Waals surface area contributed by atoms with Crippen LogP contribution in [0.25, 0.3) is 0 Å².